The van der Waals surface area contributed by atoms with Gasteiger partial charge >= 0.3 is 0 Å². The minimum atomic E-state index is -0.364. The van der Waals surface area contributed by atoms with E-state index in [0.29, 0.717) is 16.7 Å². The molecule has 15 aromatic carbocycles. The van der Waals surface area contributed by atoms with Crippen LogP contribution < -0.4 is 0 Å². The first kappa shape index (κ1) is 89.9. The molecule has 0 aliphatic heterocycles. The summed E-state index contributed by atoms with van der Waals surface area (Å²) in [6, 6.07) is 84.3. The highest BCUT2D eigenvalue weighted by Crippen LogP contribution is 2.52. The van der Waals surface area contributed by atoms with Crippen molar-refractivity contribution < 1.29 is 21.2 Å². The Kier molecular flexibility index (Phi) is 24.0. The molecule has 0 aliphatic rings. The largest absolute Gasteiger partial charge is 0.456 e. The summed E-state index contributed by atoms with van der Waals surface area (Å²) in [5, 5.41) is 12.0. The Balaban J connectivity index is 0.000000133. The Morgan fingerprint density at radius 2 is 0.521 bits per heavy atom. The lowest BCUT2D eigenvalue weighted by atomic mass is 9.78. The van der Waals surface area contributed by atoms with E-state index in [9.17, 15) is 0 Å². The molecule has 0 fully saturated rings. The zero-order valence-corrected chi connectivity index (χ0v) is 92.0. The molecule has 0 aliphatic carbocycles. The Labute approximate surface area is 861 Å². The lowest BCUT2D eigenvalue weighted by Gasteiger charge is -2.26. The van der Waals surface area contributed by atoms with Crippen LogP contribution in [0.2, 0.25) is 0 Å². The van der Waals surface area contributed by atoms with Crippen LogP contribution in [0.1, 0.15) is 308 Å². The predicted octanol–water partition coefficient (Wildman–Crippen LogP) is 42.3. The highest BCUT2D eigenvalue weighted by molar-refractivity contribution is 7.27. The molecule has 0 atom stereocenters. The second kappa shape index (κ2) is 37.5. The monoisotopic (exact) mass is 1910 g/mol. The van der Waals surface area contributed by atoms with Crippen LogP contribution in [0.25, 0.3) is 160 Å². The number of furan rings is 2. The number of fused-ring (bicyclic) bond motifs is 15. The van der Waals surface area contributed by atoms with E-state index in [0.717, 1.165) is 53.5 Å². The number of hydrogen-bond acceptors (Lipinski definition) is 5. The van der Waals surface area contributed by atoms with Crippen LogP contribution in [0.3, 0.4) is 0 Å². The second-order valence-electron chi connectivity index (χ2n) is 50.0. The molecule has 0 radical (unpaired) electrons. The van der Waals surface area contributed by atoms with Gasteiger partial charge in [-0.05, 0) is 196 Å². The van der Waals surface area contributed by atoms with Gasteiger partial charge < -0.3 is 8.83 Å². The molecule has 5 heterocycles. The third-order valence-corrected chi connectivity index (χ3v) is 31.1. The van der Waals surface area contributed by atoms with E-state index >= 15 is 0 Å². The van der Waals surface area contributed by atoms with E-state index in [-0.39, 0.29) is 120 Å². The Hall–Kier alpha value is -11.4. The van der Waals surface area contributed by atoms with E-state index in [1.54, 1.807) is 29.6 Å². The average molecular weight is 1910 g/mol. The maximum absolute atomic E-state index is 8.60. The van der Waals surface area contributed by atoms with E-state index < -0.39 is 0 Å². The summed E-state index contributed by atoms with van der Waals surface area (Å²) >= 11 is 5.31. The van der Waals surface area contributed by atoms with Gasteiger partial charge in [-0.25, -0.2) is 0 Å². The van der Waals surface area contributed by atoms with Crippen molar-refractivity contribution in [3.8, 4) is 55.6 Å². The number of para-hydroxylation sites is 2. The lowest BCUT2D eigenvalue weighted by Crippen LogP contribution is -2.16. The maximum Gasteiger partial charge on any atom is 0.143 e. The number of thiophene rings is 3. The van der Waals surface area contributed by atoms with E-state index in [1.165, 1.54) is 151 Å². The van der Waals surface area contributed by atoms with Gasteiger partial charge in [0.15, 0.2) is 0 Å². The van der Waals surface area contributed by atoms with Gasteiger partial charge in [0.05, 0.1) is 12.3 Å². The average Bonchev–Trinajstić information content (AvgIpc) is 1.58. The molecule has 140 heavy (non-hydrogen) atoms. The van der Waals surface area contributed by atoms with Crippen LogP contribution in [0, 0.1) is 6.92 Å². The van der Waals surface area contributed by atoms with Crippen molar-refractivity contribution >= 4 is 138 Å². The summed E-state index contributed by atoms with van der Waals surface area (Å²) in [5.41, 5.74) is 29.7. The summed E-state index contributed by atoms with van der Waals surface area (Å²) in [4.78, 5) is 0. The zero-order chi connectivity index (χ0) is 109. The third kappa shape index (κ3) is 21.0. The SMILES string of the molecule is CC(C)(C)c1cc(-c2cccc3c2oc2c(C(C)(C)C)cccc23)cc(C(C)(C)C)c1.CC(C)(C)c1cc(-c2cccc3c2sc2c(C(C)(C)C)cccc23)cc(C(C)(C)C)c1.CC(C)(C)c1cc(-c2cccc3oc4cccc(C(C)(C)C)c4c23)cc(C(C)(C)C)c1.[2H]c1c([2H])c(C)c([2H])c(-c2cccc3sc4cccc(C(C)(C)C)c4c23)c1[2H].[2H]c1c([2H])c([2H])c(-c2cccc3c2sc2c(C(C)(C)C)cccc23)c([2H])c1[2H]. The molecule has 0 N–H and O–H groups in total. The molecular weight excluding hydrogens is 1750 g/mol. The second-order valence-corrected chi connectivity index (χ2v) is 53.1. The maximum atomic E-state index is 8.60. The van der Waals surface area contributed by atoms with Crippen LogP contribution in [-0.4, -0.2) is 0 Å². The summed E-state index contributed by atoms with van der Waals surface area (Å²) in [7, 11) is 0. The van der Waals surface area contributed by atoms with Crippen molar-refractivity contribution in [3.63, 3.8) is 0 Å². The van der Waals surface area contributed by atoms with Crippen LogP contribution in [0.4, 0.5) is 0 Å². The summed E-state index contributed by atoms with van der Waals surface area (Å²) in [5.74, 6) is 0. The zero-order valence-electron chi connectivity index (χ0n) is 98.6. The van der Waals surface area contributed by atoms with Crippen molar-refractivity contribution in [1.29, 1.82) is 0 Å². The summed E-state index contributed by atoms with van der Waals surface area (Å²) in [6.45, 7) is 76.7. The molecule has 5 aromatic heterocycles. The number of hydrogen-bond donors (Lipinski definition) is 0. The van der Waals surface area contributed by atoms with E-state index in [4.69, 9.17) is 21.2 Å². The predicted molar refractivity (Wildman–Crippen MR) is 623 cm³/mol. The van der Waals surface area contributed by atoms with Gasteiger partial charge in [-0.1, -0.05) is 501 Å². The van der Waals surface area contributed by atoms with Crippen LogP contribution in [0.5, 0.6) is 0 Å². The third-order valence-electron chi connectivity index (χ3n) is 27.4. The minimum absolute atomic E-state index is 0.0166. The van der Waals surface area contributed by atoms with Crippen molar-refractivity contribution in [2.24, 2.45) is 0 Å². The molecule has 0 bridgehead atoms. The van der Waals surface area contributed by atoms with Gasteiger partial charge in [-0.3, -0.25) is 0 Å². The van der Waals surface area contributed by atoms with Crippen molar-refractivity contribution in [3.05, 3.63) is 358 Å². The molecular formula is C135H150O2S3. The van der Waals surface area contributed by atoms with Gasteiger partial charge in [-0.15, -0.1) is 34.0 Å². The Bertz CT molecular complexity index is 8280. The minimum Gasteiger partial charge on any atom is -0.456 e. The topological polar surface area (TPSA) is 26.3 Å². The fourth-order valence-electron chi connectivity index (χ4n) is 19.2. The fourth-order valence-corrected chi connectivity index (χ4v) is 23.5. The Morgan fingerprint density at radius 1 is 0.214 bits per heavy atom. The molecule has 2 nitrogen and oxygen atoms in total. The van der Waals surface area contributed by atoms with Crippen molar-refractivity contribution in [1.82, 2.24) is 0 Å². The molecule has 20 rings (SSSR count). The molecule has 0 spiro atoms. The van der Waals surface area contributed by atoms with Crippen LogP contribution >= 0.6 is 34.0 Å². The first-order valence-electron chi connectivity index (χ1n) is 54.4. The van der Waals surface area contributed by atoms with Gasteiger partial charge in [0.25, 0.3) is 0 Å². The molecule has 0 unspecified atom stereocenters. The standard InChI is InChI=1S/2C30H36O.C30H36S.C23H22S.C22H20S/c1-28(2,3)20-16-19(17-21(18-20)29(4,5)6)22-12-10-14-24-26(22)27-23(30(7,8)9)13-11-15-25(27)31-24;2*1-28(2,3)20-16-19(17-21(18-20)29(4,5)6)22-12-10-13-23-24-14-11-15-25(30(7,8)9)27(24)31-26(22)23;1-15-8-5-9-16(14-15)17-10-6-12-19-21(17)22-18(23(2,3)4)11-7-13-20(22)24-19;1-22(2,3)19-14-8-13-18-17-12-7-11-16(20(17)23-21(18)19)15-9-5-4-6-10-15/h3*10-18H,1-9H3;5-14H,1-4H3;4-14H,1-3H3/i;;;5D,8D,9D,14D;4D,5D,6D,9D,10D. The quantitative estimate of drug-likeness (QED) is 0.172. The highest BCUT2D eigenvalue weighted by Gasteiger charge is 2.32. The van der Waals surface area contributed by atoms with E-state index in [1.807, 2.05) is 41.7 Å². The van der Waals surface area contributed by atoms with Crippen molar-refractivity contribution in [2.75, 3.05) is 0 Å². The highest BCUT2D eigenvalue weighted by atomic mass is 32.1. The Morgan fingerprint density at radius 3 is 0.957 bits per heavy atom. The van der Waals surface area contributed by atoms with Gasteiger partial charge in [0, 0.05) is 93.2 Å². The smallest absolute Gasteiger partial charge is 0.143 e. The van der Waals surface area contributed by atoms with Gasteiger partial charge in [0.2, 0.25) is 0 Å². The fraction of sp³-hybridized carbons (Fsp3) is 0.333. The van der Waals surface area contributed by atoms with Crippen molar-refractivity contribution in [2.45, 2.75) is 295 Å². The van der Waals surface area contributed by atoms with Gasteiger partial charge in [0.1, 0.15) is 22.3 Å². The summed E-state index contributed by atoms with van der Waals surface area (Å²) in [6.07, 6.45) is 0. The molecule has 0 amide bonds. The van der Waals surface area contributed by atoms with Crippen LogP contribution in [0.15, 0.2) is 300 Å². The molecule has 0 saturated heterocycles. The normalized spacial score (nSPS) is 13.8. The lowest BCUT2D eigenvalue weighted by molar-refractivity contribution is 0.568. The summed E-state index contributed by atoms with van der Waals surface area (Å²) < 4.78 is 94.2. The first-order valence-corrected chi connectivity index (χ1v) is 52.4. The molecule has 720 valence electrons. The molecule has 5 heteroatoms. The van der Waals surface area contributed by atoms with E-state index in [2.05, 4.69) is 435 Å². The molecule has 20 aromatic rings. The first-order chi connectivity index (χ1) is 69.0. The molecule has 0 saturated carbocycles. The number of rotatable bonds is 5. The van der Waals surface area contributed by atoms with Crippen LogP contribution in [-0.2, 0) is 59.6 Å². The van der Waals surface area contributed by atoms with Gasteiger partial charge in [-0.2, -0.15) is 0 Å². The number of benzene rings is 15.